The molecule has 0 aliphatic heterocycles. The number of hydrogen-bond donors (Lipinski definition) is 0. The standard InChI is InChI=1S/C59H100O5/c1-4-7-10-13-16-19-22-25-27-29-31-33-36-39-42-45-48-51-54-62-55-57(64-59(61)53-50-47-44-41-38-34-24-21-18-15-12-9-6-3)56-63-58(60)52-49-46-43-40-37-35-32-30-28-26-23-20-17-14-11-8-5-2/h7,9-10,12,16,18-19,21,25-28,31,33-34,38,57H,4-6,8,11,13-15,17,20,22-24,29-30,32,35-37,39-56H2,1-3H3/b10-7-,12-9-,19-16-,21-18-,27-25-,28-26-,33-31-,38-34-. The van der Waals surface area contributed by atoms with Gasteiger partial charge in [0.1, 0.15) is 6.61 Å². The summed E-state index contributed by atoms with van der Waals surface area (Å²) in [7, 11) is 0. The Morgan fingerprint density at radius 1 is 0.359 bits per heavy atom. The number of carbonyl (C=O) groups is 2. The van der Waals surface area contributed by atoms with Crippen LogP contribution in [0.15, 0.2) is 97.2 Å². The van der Waals surface area contributed by atoms with Crippen LogP contribution in [0.3, 0.4) is 0 Å². The van der Waals surface area contributed by atoms with Crippen LogP contribution >= 0.6 is 0 Å². The van der Waals surface area contributed by atoms with Crippen molar-refractivity contribution >= 4 is 11.9 Å². The summed E-state index contributed by atoms with van der Waals surface area (Å²) < 4.78 is 17.4. The van der Waals surface area contributed by atoms with Gasteiger partial charge in [-0.25, -0.2) is 0 Å². The number of ether oxygens (including phenoxy) is 3. The molecule has 0 bridgehead atoms. The summed E-state index contributed by atoms with van der Waals surface area (Å²) in [6.07, 6.45) is 72.8. The van der Waals surface area contributed by atoms with Gasteiger partial charge in [0.2, 0.25) is 0 Å². The molecule has 0 spiro atoms. The minimum atomic E-state index is -0.568. The molecule has 0 aromatic carbocycles. The van der Waals surface area contributed by atoms with Gasteiger partial charge in [-0.1, -0.05) is 208 Å². The number of allylic oxidation sites excluding steroid dienone is 16. The molecule has 1 unspecified atom stereocenters. The maximum atomic E-state index is 12.8. The van der Waals surface area contributed by atoms with Crippen LogP contribution in [0, 0.1) is 0 Å². The average molecular weight is 889 g/mol. The SMILES string of the molecule is CC/C=C\C/C=C\C/C=C\C/C=C\CCCCCCCOCC(COC(=O)CCCCCCCCC/C=C\CCCCCCCC)OC(=O)CCCCC/C=C\C/C=C\C/C=C\CC. The largest absolute Gasteiger partial charge is 0.462 e. The van der Waals surface area contributed by atoms with Gasteiger partial charge < -0.3 is 14.2 Å². The summed E-state index contributed by atoms with van der Waals surface area (Å²) in [4.78, 5) is 25.4. The van der Waals surface area contributed by atoms with Crippen molar-refractivity contribution in [2.24, 2.45) is 0 Å². The molecule has 1 atom stereocenters. The zero-order valence-electron chi connectivity index (χ0n) is 42.0. The first kappa shape index (κ1) is 60.8. The van der Waals surface area contributed by atoms with Gasteiger partial charge in [-0.2, -0.15) is 0 Å². The molecule has 5 heteroatoms. The van der Waals surface area contributed by atoms with Gasteiger partial charge in [-0.15, -0.1) is 0 Å². The van der Waals surface area contributed by atoms with Gasteiger partial charge in [-0.05, 0) is 116 Å². The Hall–Kier alpha value is -3.18. The van der Waals surface area contributed by atoms with E-state index in [2.05, 4.69) is 118 Å². The lowest BCUT2D eigenvalue weighted by Gasteiger charge is -2.18. The molecule has 366 valence electrons. The number of unbranched alkanes of at least 4 members (excludes halogenated alkanes) is 21. The van der Waals surface area contributed by atoms with E-state index in [9.17, 15) is 9.59 Å². The van der Waals surface area contributed by atoms with Gasteiger partial charge >= 0.3 is 11.9 Å². The molecule has 0 aromatic heterocycles. The van der Waals surface area contributed by atoms with E-state index in [1.165, 1.54) is 96.3 Å². The minimum Gasteiger partial charge on any atom is -0.462 e. The third-order valence-electron chi connectivity index (χ3n) is 11.1. The highest BCUT2D eigenvalue weighted by Crippen LogP contribution is 2.13. The lowest BCUT2D eigenvalue weighted by atomic mass is 10.1. The molecule has 0 heterocycles. The average Bonchev–Trinajstić information content (AvgIpc) is 3.30. The van der Waals surface area contributed by atoms with Crippen molar-refractivity contribution in [1.29, 1.82) is 0 Å². The van der Waals surface area contributed by atoms with E-state index in [1.807, 2.05) is 0 Å². The fraction of sp³-hybridized carbons (Fsp3) is 0.695. The van der Waals surface area contributed by atoms with E-state index in [0.29, 0.717) is 19.4 Å². The summed E-state index contributed by atoms with van der Waals surface area (Å²) in [6, 6.07) is 0. The van der Waals surface area contributed by atoms with Crippen molar-refractivity contribution in [3.63, 3.8) is 0 Å². The molecule has 0 radical (unpaired) electrons. The van der Waals surface area contributed by atoms with Crippen LogP contribution in [0.25, 0.3) is 0 Å². The van der Waals surface area contributed by atoms with Crippen LogP contribution in [0.1, 0.15) is 239 Å². The second-order valence-corrected chi connectivity index (χ2v) is 17.4. The number of carbonyl (C=O) groups excluding carboxylic acids is 2. The van der Waals surface area contributed by atoms with Crippen LogP contribution in [0.2, 0.25) is 0 Å². The summed E-state index contributed by atoms with van der Waals surface area (Å²) in [5.41, 5.74) is 0. The lowest BCUT2D eigenvalue weighted by Crippen LogP contribution is -2.30. The maximum absolute atomic E-state index is 12.8. The third-order valence-corrected chi connectivity index (χ3v) is 11.1. The molecule has 0 rings (SSSR count). The van der Waals surface area contributed by atoms with E-state index in [-0.39, 0.29) is 25.2 Å². The second-order valence-electron chi connectivity index (χ2n) is 17.4. The van der Waals surface area contributed by atoms with Crippen molar-refractivity contribution in [2.45, 2.75) is 245 Å². The lowest BCUT2D eigenvalue weighted by molar-refractivity contribution is -0.163. The number of rotatable bonds is 48. The Labute approximate surface area is 396 Å². The Morgan fingerprint density at radius 2 is 0.703 bits per heavy atom. The van der Waals surface area contributed by atoms with Crippen molar-refractivity contribution in [1.82, 2.24) is 0 Å². The molecule has 0 aliphatic rings. The van der Waals surface area contributed by atoms with E-state index in [0.717, 1.165) is 109 Å². The van der Waals surface area contributed by atoms with Crippen LogP contribution in [0.4, 0.5) is 0 Å². The molecule has 5 nitrogen and oxygen atoms in total. The topological polar surface area (TPSA) is 61.8 Å². The van der Waals surface area contributed by atoms with Crippen molar-refractivity contribution < 1.29 is 23.8 Å². The highest BCUT2D eigenvalue weighted by Gasteiger charge is 2.17. The van der Waals surface area contributed by atoms with Crippen molar-refractivity contribution in [2.75, 3.05) is 19.8 Å². The smallest absolute Gasteiger partial charge is 0.306 e. The normalized spacial score (nSPS) is 13.0. The fourth-order valence-electron chi connectivity index (χ4n) is 7.16. The molecule has 0 amide bonds. The monoisotopic (exact) mass is 889 g/mol. The van der Waals surface area contributed by atoms with Crippen molar-refractivity contribution in [3.8, 4) is 0 Å². The molecule has 0 saturated carbocycles. The van der Waals surface area contributed by atoms with Crippen LogP contribution < -0.4 is 0 Å². The predicted molar refractivity (Wildman–Crippen MR) is 279 cm³/mol. The van der Waals surface area contributed by atoms with Crippen molar-refractivity contribution in [3.05, 3.63) is 97.2 Å². The van der Waals surface area contributed by atoms with E-state index >= 15 is 0 Å². The van der Waals surface area contributed by atoms with Crippen LogP contribution in [-0.2, 0) is 23.8 Å². The van der Waals surface area contributed by atoms with Gasteiger partial charge in [0.25, 0.3) is 0 Å². The zero-order valence-corrected chi connectivity index (χ0v) is 42.0. The predicted octanol–water partition coefficient (Wildman–Crippen LogP) is 18.2. The molecule has 0 aliphatic carbocycles. The third kappa shape index (κ3) is 51.5. The molecule has 0 saturated heterocycles. The van der Waals surface area contributed by atoms with Gasteiger partial charge in [0.15, 0.2) is 6.10 Å². The minimum absolute atomic E-state index is 0.0589. The Morgan fingerprint density at radius 3 is 1.16 bits per heavy atom. The number of esters is 2. The Balaban J connectivity index is 4.34. The first-order valence-corrected chi connectivity index (χ1v) is 26.8. The summed E-state index contributed by atoms with van der Waals surface area (Å²) in [6.45, 7) is 7.52. The van der Waals surface area contributed by atoms with E-state index in [1.54, 1.807) is 0 Å². The molecule has 64 heavy (non-hydrogen) atoms. The first-order chi connectivity index (χ1) is 31.6. The van der Waals surface area contributed by atoms with E-state index < -0.39 is 6.10 Å². The maximum Gasteiger partial charge on any atom is 0.306 e. The second kappa shape index (κ2) is 54.2. The van der Waals surface area contributed by atoms with Crippen LogP contribution in [-0.4, -0.2) is 37.9 Å². The van der Waals surface area contributed by atoms with Gasteiger partial charge in [0.05, 0.1) is 6.61 Å². The molecule has 0 aromatic rings. The summed E-state index contributed by atoms with van der Waals surface area (Å²) in [5.74, 6) is -0.448. The highest BCUT2D eigenvalue weighted by molar-refractivity contribution is 5.70. The molecule has 0 N–H and O–H groups in total. The quantitative estimate of drug-likeness (QED) is 0.0346. The summed E-state index contributed by atoms with van der Waals surface area (Å²) in [5, 5.41) is 0. The van der Waals surface area contributed by atoms with Gasteiger partial charge in [-0.3, -0.25) is 9.59 Å². The Kier molecular flexibility index (Phi) is 51.5. The van der Waals surface area contributed by atoms with E-state index in [4.69, 9.17) is 14.2 Å². The first-order valence-electron chi connectivity index (χ1n) is 26.8. The number of hydrogen-bond acceptors (Lipinski definition) is 5. The molecular weight excluding hydrogens is 789 g/mol. The fourth-order valence-corrected chi connectivity index (χ4v) is 7.16. The van der Waals surface area contributed by atoms with Crippen LogP contribution in [0.5, 0.6) is 0 Å². The van der Waals surface area contributed by atoms with Gasteiger partial charge in [0, 0.05) is 19.4 Å². The highest BCUT2D eigenvalue weighted by atomic mass is 16.6. The Bertz CT molecular complexity index is 1230. The zero-order chi connectivity index (χ0) is 46.3. The molecular formula is C59H100O5. The summed E-state index contributed by atoms with van der Waals surface area (Å²) >= 11 is 0. The molecule has 0 fully saturated rings.